The highest BCUT2D eigenvalue weighted by Crippen LogP contribution is 2.62. The van der Waals surface area contributed by atoms with Gasteiger partial charge in [-0.3, -0.25) is 0 Å². The molecule has 2 aliphatic carbocycles. The van der Waals surface area contributed by atoms with Crippen LogP contribution >= 0.6 is 0 Å². The number of nitrogens with zero attached hydrogens (tertiary/aromatic N) is 1. The Morgan fingerprint density at radius 1 is 0.395 bits per heavy atom. The van der Waals surface area contributed by atoms with Gasteiger partial charge in [-0.25, -0.2) is 0 Å². The molecule has 0 heterocycles. The third kappa shape index (κ3) is 3.71. The standard InChI is InChI=1S/C42H35N/c1-41(2)36-21-13-11-19-32(36)34-27-35-33-20-12-14-22-37(33)42(3,4)39(35)40(38(34)41)43(30-17-9-6-10-18-30)31-25-23-29(24-26-31)28-15-7-5-8-16-28/h5-27H,1-4H3. The summed E-state index contributed by atoms with van der Waals surface area (Å²) in [5.74, 6) is 0. The lowest BCUT2D eigenvalue weighted by Gasteiger charge is -2.37. The molecule has 0 bridgehead atoms. The van der Waals surface area contributed by atoms with E-state index < -0.39 is 0 Å². The molecule has 0 saturated heterocycles. The molecular formula is C42H35N. The Hall–Kier alpha value is -4.88. The minimum Gasteiger partial charge on any atom is -0.310 e. The van der Waals surface area contributed by atoms with Gasteiger partial charge in [0.15, 0.2) is 0 Å². The van der Waals surface area contributed by atoms with Crippen molar-refractivity contribution in [2.24, 2.45) is 0 Å². The highest BCUT2D eigenvalue weighted by atomic mass is 15.2. The Labute approximate surface area is 255 Å². The summed E-state index contributed by atoms with van der Waals surface area (Å²) in [5.41, 5.74) is 16.8. The summed E-state index contributed by atoms with van der Waals surface area (Å²) >= 11 is 0. The molecule has 0 N–H and O–H groups in total. The van der Waals surface area contributed by atoms with Crippen molar-refractivity contribution in [3.63, 3.8) is 0 Å². The first-order chi connectivity index (χ1) is 20.9. The van der Waals surface area contributed by atoms with Gasteiger partial charge in [-0.1, -0.05) is 137 Å². The molecule has 0 amide bonds. The van der Waals surface area contributed by atoms with E-state index in [2.05, 4.69) is 172 Å². The minimum atomic E-state index is -0.168. The van der Waals surface area contributed by atoms with Gasteiger partial charge in [-0.05, 0) is 86.0 Å². The number of fused-ring (bicyclic) bond motifs is 6. The van der Waals surface area contributed by atoms with E-state index >= 15 is 0 Å². The quantitative estimate of drug-likeness (QED) is 0.210. The van der Waals surface area contributed by atoms with Crippen LogP contribution in [0.3, 0.4) is 0 Å². The van der Waals surface area contributed by atoms with E-state index in [0.29, 0.717) is 0 Å². The number of benzene rings is 6. The molecule has 0 radical (unpaired) electrons. The molecule has 0 aromatic heterocycles. The van der Waals surface area contributed by atoms with E-state index in [4.69, 9.17) is 0 Å². The van der Waals surface area contributed by atoms with E-state index in [0.717, 1.165) is 0 Å². The molecule has 0 saturated carbocycles. The molecule has 8 rings (SSSR count). The van der Waals surface area contributed by atoms with Crippen LogP contribution < -0.4 is 4.90 Å². The number of para-hydroxylation sites is 1. The van der Waals surface area contributed by atoms with E-state index in [1.807, 2.05) is 0 Å². The lowest BCUT2D eigenvalue weighted by molar-refractivity contribution is 0.640. The van der Waals surface area contributed by atoms with Crippen molar-refractivity contribution in [2.75, 3.05) is 4.90 Å². The van der Waals surface area contributed by atoms with Crippen LogP contribution in [0.25, 0.3) is 33.4 Å². The van der Waals surface area contributed by atoms with Crippen molar-refractivity contribution in [3.8, 4) is 33.4 Å². The van der Waals surface area contributed by atoms with Crippen LogP contribution in [0.15, 0.2) is 140 Å². The van der Waals surface area contributed by atoms with E-state index in [9.17, 15) is 0 Å². The molecule has 208 valence electrons. The SMILES string of the molecule is CC1(C)c2ccccc2-c2cc3c(c(N(c4ccccc4)c4ccc(-c5ccccc5)cc4)c21)C(C)(C)c1ccccc1-3. The molecule has 6 aromatic carbocycles. The molecule has 43 heavy (non-hydrogen) atoms. The molecule has 0 spiro atoms. The van der Waals surface area contributed by atoms with E-state index in [1.165, 1.54) is 72.7 Å². The number of hydrogen-bond acceptors (Lipinski definition) is 1. The molecule has 0 atom stereocenters. The van der Waals surface area contributed by atoms with E-state index in [1.54, 1.807) is 0 Å². The second kappa shape index (κ2) is 9.31. The van der Waals surface area contributed by atoms with Gasteiger partial charge >= 0.3 is 0 Å². The van der Waals surface area contributed by atoms with Gasteiger partial charge < -0.3 is 4.90 Å². The zero-order valence-corrected chi connectivity index (χ0v) is 25.2. The summed E-state index contributed by atoms with van der Waals surface area (Å²) in [4.78, 5) is 2.54. The highest BCUT2D eigenvalue weighted by molar-refractivity contribution is 6.00. The molecule has 1 nitrogen and oxygen atoms in total. The average molecular weight is 554 g/mol. The second-order valence-corrected chi connectivity index (χ2v) is 13.0. The molecule has 0 fully saturated rings. The van der Waals surface area contributed by atoms with Crippen molar-refractivity contribution in [2.45, 2.75) is 38.5 Å². The molecule has 2 aliphatic rings. The summed E-state index contributed by atoms with van der Waals surface area (Å²) < 4.78 is 0. The Balaban J connectivity index is 1.47. The van der Waals surface area contributed by atoms with Crippen molar-refractivity contribution >= 4 is 17.1 Å². The maximum absolute atomic E-state index is 2.54. The largest absolute Gasteiger partial charge is 0.310 e. The van der Waals surface area contributed by atoms with Crippen molar-refractivity contribution in [3.05, 3.63) is 162 Å². The van der Waals surface area contributed by atoms with Crippen LogP contribution in [0.2, 0.25) is 0 Å². The molecular weight excluding hydrogens is 518 g/mol. The summed E-state index contributed by atoms with van der Waals surface area (Å²) in [7, 11) is 0. The van der Waals surface area contributed by atoms with Crippen molar-refractivity contribution in [1.82, 2.24) is 0 Å². The molecule has 1 heteroatoms. The normalized spacial score (nSPS) is 14.9. The molecule has 0 aliphatic heterocycles. The number of hydrogen-bond donors (Lipinski definition) is 0. The monoisotopic (exact) mass is 553 g/mol. The van der Waals surface area contributed by atoms with Crippen LogP contribution in [0.1, 0.15) is 49.9 Å². The Kier molecular flexibility index (Phi) is 5.59. The van der Waals surface area contributed by atoms with Gasteiger partial charge in [0.05, 0.1) is 5.69 Å². The minimum absolute atomic E-state index is 0.168. The first kappa shape index (κ1) is 25.8. The summed E-state index contributed by atoms with van der Waals surface area (Å²) in [5, 5.41) is 0. The Morgan fingerprint density at radius 2 is 0.814 bits per heavy atom. The first-order valence-corrected chi connectivity index (χ1v) is 15.3. The van der Waals surface area contributed by atoms with Gasteiger partial charge in [0.1, 0.15) is 0 Å². The van der Waals surface area contributed by atoms with Gasteiger partial charge in [0.2, 0.25) is 0 Å². The fourth-order valence-corrected chi connectivity index (χ4v) is 7.80. The van der Waals surface area contributed by atoms with Gasteiger partial charge in [-0.2, -0.15) is 0 Å². The maximum Gasteiger partial charge on any atom is 0.0555 e. The highest BCUT2D eigenvalue weighted by Gasteiger charge is 2.46. The van der Waals surface area contributed by atoms with Crippen LogP contribution in [0.5, 0.6) is 0 Å². The van der Waals surface area contributed by atoms with Crippen LogP contribution in [0, 0.1) is 0 Å². The van der Waals surface area contributed by atoms with Gasteiger partial charge in [0.25, 0.3) is 0 Å². The molecule has 6 aromatic rings. The predicted octanol–water partition coefficient (Wildman–Crippen LogP) is 11.4. The lowest BCUT2D eigenvalue weighted by atomic mass is 9.75. The van der Waals surface area contributed by atoms with Gasteiger partial charge in [-0.15, -0.1) is 0 Å². The van der Waals surface area contributed by atoms with Crippen molar-refractivity contribution < 1.29 is 0 Å². The van der Waals surface area contributed by atoms with E-state index in [-0.39, 0.29) is 10.8 Å². The average Bonchev–Trinajstić information content (AvgIpc) is 3.42. The fourth-order valence-electron chi connectivity index (χ4n) is 7.80. The number of rotatable bonds is 4. The zero-order valence-electron chi connectivity index (χ0n) is 25.2. The smallest absolute Gasteiger partial charge is 0.0555 e. The van der Waals surface area contributed by atoms with Crippen LogP contribution in [-0.2, 0) is 10.8 Å². The van der Waals surface area contributed by atoms with Crippen LogP contribution in [-0.4, -0.2) is 0 Å². The summed E-state index contributed by atoms with van der Waals surface area (Å²) in [6, 6.07) is 51.2. The van der Waals surface area contributed by atoms with Gasteiger partial charge in [0, 0.05) is 22.2 Å². The Bertz CT molecular complexity index is 1920. The first-order valence-electron chi connectivity index (χ1n) is 15.3. The summed E-state index contributed by atoms with van der Waals surface area (Å²) in [6.45, 7) is 9.63. The predicted molar refractivity (Wildman–Crippen MR) is 182 cm³/mol. The maximum atomic E-state index is 2.54. The zero-order chi connectivity index (χ0) is 29.3. The molecule has 0 unspecified atom stereocenters. The fraction of sp³-hybridized carbons (Fsp3) is 0.143. The lowest BCUT2D eigenvalue weighted by Crippen LogP contribution is -2.26. The van der Waals surface area contributed by atoms with Crippen LogP contribution in [0.4, 0.5) is 17.1 Å². The topological polar surface area (TPSA) is 3.24 Å². The third-order valence-corrected chi connectivity index (χ3v) is 9.80. The third-order valence-electron chi connectivity index (χ3n) is 9.80. The second-order valence-electron chi connectivity index (χ2n) is 13.0. The number of anilines is 3. The summed E-state index contributed by atoms with van der Waals surface area (Å²) in [6.07, 6.45) is 0. The van der Waals surface area contributed by atoms with Crippen molar-refractivity contribution in [1.29, 1.82) is 0 Å². The Morgan fingerprint density at radius 3 is 1.35 bits per heavy atom.